The number of nitrogens with two attached hydrogens (primary N) is 1. The van der Waals surface area contributed by atoms with Crippen LogP contribution in [-0.4, -0.2) is 0 Å². The summed E-state index contributed by atoms with van der Waals surface area (Å²) < 4.78 is 5.20. The minimum Gasteiger partial charge on any atom is -0.468 e. The lowest BCUT2D eigenvalue weighted by molar-refractivity contribution is 0.285. The molecule has 1 heterocycles. The van der Waals surface area contributed by atoms with Crippen molar-refractivity contribution in [3.8, 4) is 0 Å². The van der Waals surface area contributed by atoms with E-state index in [1.54, 1.807) is 6.26 Å². The van der Waals surface area contributed by atoms with Crippen molar-refractivity contribution in [3.63, 3.8) is 0 Å². The average Bonchev–Trinajstić information content (AvgIpc) is 2.34. The van der Waals surface area contributed by atoms with Crippen molar-refractivity contribution >= 4 is 0 Å². The molecule has 1 aromatic heterocycles. The summed E-state index contributed by atoms with van der Waals surface area (Å²) in [4.78, 5) is 0. The van der Waals surface area contributed by atoms with Gasteiger partial charge in [-0.25, -0.2) is 0 Å². The Morgan fingerprint density at radius 1 is 1.45 bits per heavy atom. The molecule has 0 saturated carbocycles. The van der Waals surface area contributed by atoms with Gasteiger partial charge in [-0.1, -0.05) is 20.8 Å². The van der Waals surface area contributed by atoms with Crippen LogP contribution in [0.25, 0.3) is 0 Å². The van der Waals surface area contributed by atoms with Crippen LogP contribution in [0, 0.1) is 5.41 Å². The van der Waals surface area contributed by atoms with Crippen molar-refractivity contribution in [3.05, 3.63) is 24.2 Å². The van der Waals surface area contributed by atoms with Crippen molar-refractivity contribution in [2.75, 3.05) is 0 Å². The second-order valence-corrected chi connectivity index (χ2v) is 3.86. The quantitative estimate of drug-likeness (QED) is 0.672. The second kappa shape index (κ2) is 2.70. The predicted molar refractivity (Wildman–Crippen MR) is 45.1 cm³/mol. The molecule has 0 saturated heterocycles. The van der Waals surface area contributed by atoms with Crippen LogP contribution in [0.1, 0.15) is 32.6 Å². The maximum Gasteiger partial charge on any atom is 0.120 e. The van der Waals surface area contributed by atoms with Crippen molar-refractivity contribution < 1.29 is 4.42 Å². The highest BCUT2D eigenvalue weighted by Gasteiger charge is 2.23. The van der Waals surface area contributed by atoms with Gasteiger partial charge in [0.1, 0.15) is 5.76 Å². The van der Waals surface area contributed by atoms with Gasteiger partial charge in [-0.3, -0.25) is 0 Å². The Bertz CT molecular complexity index is 208. The molecular weight excluding hydrogens is 138 g/mol. The monoisotopic (exact) mass is 153 g/mol. The lowest BCUT2D eigenvalue weighted by Gasteiger charge is -2.24. The van der Waals surface area contributed by atoms with Gasteiger partial charge in [-0.15, -0.1) is 0 Å². The van der Waals surface area contributed by atoms with Crippen LogP contribution >= 0.6 is 0 Å². The molecule has 11 heavy (non-hydrogen) atoms. The van der Waals surface area contributed by atoms with E-state index in [0.717, 1.165) is 5.76 Å². The van der Waals surface area contributed by atoms with Crippen LogP contribution in [0.15, 0.2) is 22.8 Å². The Labute approximate surface area is 67.4 Å². The Hall–Kier alpha value is -0.760. The predicted octanol–water partition coefficient (Wildman–Crippen LogP) is 2.33. The van der Waals surface area contributed by atoms with Crippen LogP contribution in [0.4, 0.5) is 0 Å². The van der Waals surface area contributed by atoms with Crippen molar-refractivity contribution in [2.45, 2.75) is 26.8 Å². The highest BCUT2D eigenvalue weighted by molar-refractivity contribution is 5.06. The molecule has 0 amide bonds. The molecule has 2 nitrogen and oxygen atoms in total. The molecular formula is C9H15NO. The lowest BCUT2D eigenvalue weighted by atomic mass is 9.86. The molecule has 0 spiro atoms. The topological polar surface area (TPSA) is 39.2 Å². The van der Waals surface area contributed by atoms with Gasteiger partial charge in [-0.05, 0) is 17.5 Å². The molecule has 2 heteroatoms. The van der Waals surface area contributed by atoms with E-state index >= 15 is 0 Å². The number of hydrogen-bond acceptors (Lipinski definition) is 2. The lowest BCUT2D eigenvalue weighted by Crippen LogP contribution is -2.25. The van der Waals surface area contributed by atoms with Crippen LogP contribution in [-0.2, 0) is 0 Å². The molecule has 0 aromatic carbocycles. The van der Waals surface area contributed by atoms with Gasteiger partial charge in [0.05, 0.1) is 12.3 Å². The summed E-state index contributed by atoms with van der Waals surface area (Å²) in [7, 11) is 0. The van der Waals surface area contributed by atoms with Crippen molar-refractivity contribution in [2.24, 2.45) is 11.1 Å². The molecule has 2 N–H and O–H groups in total. The molecule has 0 unspecified atom stereocenters. The standard InChI is InChI=1S/C9H15NO/c1-9(2,3)8(10)7-5-4-6-11-7/h4-6,8H,10H2,1-3H3/t8-/m1/s1. The first kappa shape index (κ1) is 8.34. The zero-order valence-electron chi connectivity index (χ0n) is 7.29. The minimum absolute atomic E-state index is 0.0162. The Kier molecular flexibility index (Phi) is 2.05. The Morgan fingerprint density at radius 3 is 2.45 bits per heavy atom. The van der Waals surface area contributed by atoms with Crippen LogP contribution in [0.5, 0.6) is 0 Å². The molecule has 1 aromatic rings. The average molecular weight is 153 g/mol. The van der Waals surface area contributed by atoms with Crippen molar-refractivity contribution in [1.29, 1.82) is 0 Å². The summed E-state index contributed by atoms with van der Waals surface area (Å²) in [6, 6.07) is 3.76. The second-order valence-electron chi connectivity index (χ2n) is 3.86. The van der Waals surface area contributed by atoms with Crippen LogP contribution in [0.3, 0.4) is 0 Å². The van der Waals surface area contributed by atoms with Gasteiger partial charge in [-0.2, -0.15) is 0 Å². The van der Waals surface area contributed by atoms with Gasteiger partial charge in [0.15, 0.2) is 0 Å². The van der Waals surface area contributed by atoms with Gasteiger partial charge < -0.3 is 10.2 Å². The Balaban J connectivity index is 2.78. The third kappa shape index (κ3) is 1.84. The van der Waals surface area contributed by atoms with E-state index in [-0.39, 0.29) is 11.5 Å². The van der Waals surface area contributed by atoms with Gasteiger partial charge in [0, 0.05) is 0 Å². The third-order valence-electron chi connectivity index (χ3n) is 1.78. The van der Waals surface area contributed by atoms with E-state index in [9.17, 15) is 0 Å². The summed E-state index contributed by atoms with van der Waals surface area (Å²) in [5.41, 5.74) is 5.99. The highest BCUT2D eigenvalue weighted by Crippen LogP contribution is 2.30. The first-order valence-electron chi connectivity index (χ1n) is 3.81. The molecule has 0 bridgehead atoms. The number of furan rings is 1. The normalized spacial score (nSPS) is 14.9. The first-order chi connectivity index (χ1) is 5.02. The molecule has 0 aliphatic heterocycles. The minimum atomic E-state index is -0.0162. The maximum atomic E-state index is 5.92. The van der Waals surface area contributed by atoms with E-state index in [1.165, 1.54) is 0 Å². The first-order valence-corrected chi connectivity index (χ1v) is 3.81. The zero-order valence-corrected chi connectivity index (χ0v) is 7.29. The van der Waals surface area contributed by atoms with E-state index in [2.05, 4.69) is 20.8 Å². The molecule has 0 fully saturated rings. The van der Waals surface area contributed by atoms with Crippen molar-refractivity contribution in [1.82, 2.24) is 0 Å². The molecule has 1 rings (SSSR count). The fourth-order valence-electron chi connectivity index (χ4n) is 0.895. The van der Waals surface area contributed by atoms with E-state index < -0.39 is 0 Å². The molecule has 0 aliphatic rings. The molecule has 1 atom stereocenters. The number of hydrogen-bond donors (Lipinski definition) is 1. The largest absolute Gasteiger partial charge is 0.468 e. The maximum absolute atomic E-state index is 5.92. The molecule has 0 aliphatic carbocycles. The number of rotatable bonds is 1. The fourth-order valence-corrected chi connectivity index (χ4v) is 0.895. The Morgan fingerprint density at radius 2 is 2.09 bits per heavy atom. The van der Waals surface area contributed by atoms with E-state index in [1.807, 2.05) is 12.1 Å². The zero-order chi connectivity index (χ0) is 8.48. The van der Waals surface area contributed by atoms with Crippen LogP contribution < -0.4 is 5.73 Å². The van der Waals surface area contributed by atoms with E-state index in [0.29, 0.717) is 0 Å². The smallest absolute Gasteiger partial charge is 0.120 e. The summed E-state index contributed by atoms with van der Waals surface area (Å²) in [5.74, 6) is 0.859. The summed E-state index contributed by atoms with van der Waals surface area (Å²) in [6.07, 6.45) is 1.65. The summed E-state index contributed by atoms with van der Waals surface area (Å²) >= 11 is 0. The van der Waals surface area contributed by atoms with Crippen LogP contribution in [0.2, 0.25) is 0 Å². The van der Waals surface area contributed by atoms with Gasteiger partial charge in [0.25, 0.3) is 0 Å². The molecule has 62 valence electrons. The SMILES string of the molecule is CC(C)(C)[C@H](N)c1ccco1. The highest BCUT2D eigenvalue weighted by atomic mass is 16.3. The molecule has 0 radical (unpaired) electrons. The van der Waals surface area contributed by atoms with Gasteiger partial charge in [0.2, 0.25) is 0 Å². The van der Waals surface area contributed by atoms with E-state index in [4.69, 9.17) is 10.2 Å². The summed E-state index contributed by atoms with van der Waals surface area (Å²) in [5, 5.41) is 0. The summed E-state index contributed by atoms with van der Waals surface area (Å²) in [6.45, 7) is 6.29. The fraction of sp³-hybridized carbons (Fsp3) is 0.556. The third-order valence-corrected chi connectivity index (χ3v) is 1.78. The van der Waals surface area contributed by atoms with Gasteiger partial charge >= 0.3 is 0 Å².